The summed E-state index contributed by atoms with van der Waals surface area (Å²) in [6.45, 7) is 1.86. The Bertz CT molecular complexity index is 1180. The van der Waals surface area contributed by atoms with Crippen LogP contribution < -0.4 is 10.1 Å². The van der Waals surface area contributed by atoms with E-state index in [1.165, 1.54) is 17.0 Å². The van der Waals surface area contributed by atoms with Crippen molar-refractivity contribution in [3.05, 3.63) is 64.7 Å². The largest absolute Gasteiger partial charge is 0.573 e. The zero-order chi connectivity index (χ0) is 24.7. The lowest BCUT2D eigenvalue weighted by atomic mass is 9.89. The maximum atomic E-state index is 12.9. The van der Waals surface area contributed by atoms with Crippen molar-refractivity contribution in [1.29, 1.82) is 0 Å². The molecule has 2 aliphatic heterocycles. The molecular formula is C24H21F3N2O5. The van der Waals surface area contributed by atoms with E-state index in [1.807, 2.05) is 6.07 Å². The Balaban J connectivity index is 1.41. The molecular weight excluding hydrogens is 453 g/mol. The number of aryl methyl sites for hydroxylation is 1. The molecule has 0 spiro atoms. The molecule has 0 unspecified atom stereocenters. The van der Waals surface area contributed by atoms with E-state index < -0.39 is 23.6 Å². The topological polar surface area (TPSA) is 92.8 Å². The number of carbonyl (C=O) groups excluding carboxylic acids is 4. The van der Waals surface area contributed by atoms with Crippen molar-refractivity contribution in [3.8, 4) is 5.75 Å². The highest BCUT2D eigenvalue weighted by Crippen LogP contribution is 2.34. The number of imide groups is 1. The number of hydrogen-bond acceptors (Lipinski definition) is 5. The standard InChI is InChI=1S/C24H21F3N2O5/c1-23(11-10-20(31)28-22(23)33)29-13-16-12-14(2-8-18(16)21(29)32)3-9-19(30)15-4-6-17(7-5-15)34-24(25,26)27/h2,4-8,12H,3,9-11,13H2,1H3,(H,28,31,33)/t23-/m0/s1. The second-order valence-electron chi connectivity index (χ2n) is 8.53. The van der Waals surface area contributed by atoms with E-state index in [9.17, 15) is 32.3 Å². The molecule has 0 aromatic heterocycles. The van der Waals surface area contributed by atoms with E-state index in [0.717, 1.165) is 23.3 Å². The minimum atomic E-state index is -4.80. The second kappa shape index (κ2) is 8.58. The molecule has 1 saturated heterocycles. The minimum absolute atomic E-state index is 0.123. The quantitative estimate of drug-likeness (QED) is 0.511. The summed E-state index contributed by atoms with van der Waals surface area (Å²) < 4.78 is 40.6. The normalized spacial score (nSPS) is 20.2. The van der Waals surface area contributed by atoms with Crippen LogP contribution in [0.3, 0.4) is 0 Å². The summed E-state index contributed by atoms with van der Waals surface area (Å²) in [5, 5.41) is 2.30. The molecule has 1 atom stereocenters. The van der Waals surface area contributed by atoms with Gasteiger partial charge in [-0.1, -0.05) is 12.1 Å². The molecule has 2 aromatic rings. The van der Waals surface area contributed by atoms with Gasteiger partial charge in [0.25, 0.3) is 11.8 Å². The van der Waals surface area contributed by atoms with Gasteiger partial charge in [-0.05, 0) is 61.2 Å². The third-order valence-corrected chi connectivity index (χ3v) is 6.20. The van der Waals surface area contributed by atoms with Gasteiger partial charge in [0.2, 0.25) is 5.91 Å². The Morgan fingerprint density at radius 3 is 2.47 bits per heavy atom. The molecule has 1 N–H and O–H groups in total. The van der Waals surface area contributed by atoms with Crippen LogP contribution in [0, 0.1) is 0 Å². The smallest absolute Gasteiger partial charge is 0.406 e. The molecule has 178 valence electrons. The van der Waals surface area contributed by atoms with Crippen molar-refractivity contribution in [2.75, 3.05) is 0 Å². The van der Waals surface area contributed by atoms with Gasteiger partial charge in [-0.25, -0.2) is 0 Å². The number of carbonyl (C=O) groups is 4. The number of piperidine rings is 1. The third-order valence-electron chi connectivity index (χ3n) is 6.20. The number of benzene rings is 2. The first kappa shape index (κ1) is 23.5. The summed E-state index contributed by atoms with van der Waals surface area (Å²) in [5.41, 5.74) is 1.16. The summed E-state index contributed by atoms with van der Waals surface area (Å²) in [7, 11) is 0. The van der Waals surface area contributed by atoms with Gasteiger partial charge in [0.05, 0.1) is 0 Å². The predicted molar refractivity (Wildman–Crippen MR) is 113 cm³/mol. The minimum Gasteiger partial charge on any atom is -0.406 e. The van der Waals surface area contributed by atoms with E-state index in [0.29, 0.717) is 12.0 Å². The number of amides is 3. The number of alkyl halides is 3. The van der Waals surface area contributed by atoms with Crippen molar-refractivity contribution in [2.24, 2.45) is 0 Å². The van der Waals surface area contributed by atoms with Crippen LogP contribution in [0.1, 0.15) is 58.0 Å². The third kappa shape index (κ3) is 4.66. The van der Waals surface area contributed by atoms with E-state index in [2.05, 4.69) is 10.1 Å². The molecule has 2 aliphatic rings. The molecule has 0 bridgehead atoms. The molecule has 0 saturated carbocycles. The lowest BCUT2D eigenvalue weighted by Gasteiger charge is -2.39. The number of Topliss-reactive ketones (excluding diaryl/α,β-unsaturated/α-hetero) is 1. The van der Waals surface area contributed by atoms with Gasteiger partial charge in [-0.2, -0.15) is 0 Å². The summed E-state index contributed by atoms with van der Waals surface area (Å²) in [4.78, 5) is 50.8. The molecule has 2 aromatic carbocycles. The number of rotatable bonds is 6. The van der Waals surface area contributed by atoms with Gasteiger partial charge in [-0.3, -0.25) is 24.5 Å². The SMILES string of the molecule is C[C@]1(N2Cc3cc(CCC(=O)c4ccc(OC(F)(F)F)cc4)ccc3C2=O)CCC(=O)NC1=O. The molecule has 4 rings (SSSR count). The second-order valence-corrected chi connectivity index (χ2v) is 8.53. The first-order valence-electron chi connectivity index (χ1n) is 10.6. The number of nitrogens with zero attached hydrogens (tertiary/aromatic N) is 1. The van der Waals surface area contributed by atoms with Gasteiger partial charge in [-0.15, -0.1) is 13.2 Å². The van der Waals surface area contributed by atoms with Crippen LogP contribution in [0.4, 0.5) is 13.2 Å². The molecule has 0 radical (unpaired) electrons. The molecule has 0 aliphatic carbocycles. The number of hydrogen-bond donors (Lipinski definition) is 1. The first-order valence-corrected chi connectivity index (χ1v) is 10.6. The van der Waals surface area contributed by atoms with Gasteiger partial charge >= 0.3 is 6.36 Å². The lowest BCUT2D eigenvalue weighted by Crippen LogP contribution is -2.61. The van der Waals surface area contributed by atoms with Crippen LogP contribution in [0.2, 0.25) is 0 Å². The highest BCUT2D eigenvalue weighted by Gasteiger charge is 2.48. The van der Waals surface area contributed by atoms with Crippen molar-refractivity contribution >= 4 is 23.5 Å². The summed E-state index contributed by atoms with van der Waals surface area (Å²) in [6, 6.07) is 9.96. The first-order chi connectivity index (χ1) is 16.0. The van der Waals surface area contributed by atoms with Gasteiger partial charge < -0.3 is 9.64 Å². The average molecular weight is 474 g/mol. The summed E-state index contributed by atoms with van der Waals surface area (Å²) in [5.74, 6) is -1.79. The van der Waals surface area contributed by atoms with E-state index in [1.54, 1.807) is 19.1 Å². The molecule has 2 heterocycles. The fourth-order valence-corrected chi connectivity index (χ4v) is 4.22. The number of ether oxygens (including phenoxy) is 1. The van der Waals surface area contributed by atoms with Crippen molar-refractivity contribution < 1.29 is 37.1 Å². The van der Waals surface area contributed by atoms with Crippen LogP contribution >= 0.6 is 0 Å². The fourth-order valence-electron chi connectivity index (χ4n) is 4.22. The van der Waals surface area contributed by atoms with Crippen molar-refractivity contribution in [3.63, 3.8) is 0 Å². The lowest BCUT2D eigenvalue weighted by molar-refractivity contribution is -0.274. The van der Waals surface area contributed by atoms with E-state index >= 15 is 0 Å². The van der Waals surface area contributed by atoms with Crippen LogP contribution in [-0.2, 0) is 22.6 Å². The van der Waals surface area contributed by atoms with Crippen LogP contribution in [0.25, 0.3) is 0 Å². The highest BCUT2D eigenvalue weighted by atomic mass is 19.4. The van der Waals surface area contributed by atoms with Crippen molar-refractivity contribution in [1.82, 2.24) is 10.2 Å². The predicted octanol–water partition coefficient (Wildman–Crippen LogP) is 3.55. The van der Waals surface area contributed by atoms with Crippen molar-refractivity contribution in [2.45, 2.75) is 51.1 Å². The molecule has 7 nitrogen and oxygen atoms in total. The maximum absolute atomic E-state index is 12.9. The Labute approximate surface area is 192 Å². The molecule has 3 amide bonds. The van der Waals surface area contributed by atoms with E-state index in [-0.39, 0.29) is 49.0 Å². The van der Waals surface area contributed by atoms with Gasteiger partial charge in [0.15, 0.2) is 5.78 Å². The van der Waals surface area contributed by atoms with Gasteiger partial charge in [0.1, 0.15) is 11.3 Å². The zero-order valence-corrected chi connectivity index (χ0v) is 18.2. The van der Waals surface area contributed by atoms with E-state index in [4.69, 9.17) is 0 Å². The Morgan fingerprint density at radius 2 is 1.82 bits per heavy atom. The number of fused-ring (bicyclic) bond motifs is 1. The molecule has 10 heteroatoms. The number of halogens is 3. The molecule has 1 fully saturated rings. The number of nitrogens with one attached hydrogen (secondary N) is 1. The van der Waals surface area contributed by atoms with Crippen LogP contribution in [0.5, 0.6) is 5.75 Å². The van der Waals surface area contributed by atoms with Gasteiger partial charge in [0, 0.05) is 30.5 Å². The van der Waals surface area contributed by atoms with Crippen LogP contribution in [-0.4, -0.2) is 40.3 Å². The maximum Gasteiger partial charge on any atom is 0.573 e. The highest BCUT2D eigenvalue weighted by molar-refractivity contribution is 6.07. The summed E-state index contributed by atoms with van der Waals surface area (Å²) >= 11 is 0. The Morgan fingerprint density at radius 1 is 1.12 bits per heavy atom. The monoisotopic (exact) mass is 474 g/mol. The Kier molecular flexibility index (Phi) is 5.93. The average Bonchev–Trinajstić information content (AvgIpc) is 3.11. The Hall–Kier alpha value is -3.69. The fraction of sp³-hybridized carbons (Fsp3) is 0.333. The number of ketones is 1. The summed E-state index contributed by atoms with van der Waals surface area (Å²) in [6.07, 6.45) is -3.91. The van der Waals surface area contributed by atoms with Crippen LogP contribution in [0.15, 0.2) is 42.5 Å². The zero-order valence-electron chi connectivity index (χ0n) is 18.2. The molecule has 34 heavy (non-hydrogen) atoms.